The van der Waals surface area contributed by atoms with Crippen LogP contribution in [0.4, 0.5) is 0 Å². The van der Waals surface area contributed by atoms with Gasteiger partial charge in [-0.3, -0.25) is 4.99 Å². The lowest BCUT2D eigenvalue weighted by atomic mass is 10.3. The Kier molecular flexibility index (Phi) is 3.29. The summed E-state index contributed by atoms with van der Waals surface area (Å²) in [4.78, 5) is 3.74. The molecule has 0 aliphatic heterocycles. The molecule has 7 heavy (non-hydrogen) atoms. The van der Waals surface area contributed by atoms with Crippen molar-refractivity contribution in [2.75, 3.05) is 0 Å². The lowest BCUT2D eigenvalue weighted by Gasteiger charge is -1.87. The van der Waals surface area contributed by atoms with Crippen LogP contribution in [0.3, 0.4) is 0 Å². The van der Waals surface area contributed by atoms with Crippen LogP contribution in [-0.4, -0.2) is 6.72 Å². The molecule has 0 heterocycles. The molecule has 0 saturated heterocycles. The third kappa shape index (κ3) is 2.15. The smallest absolute Gasteiger partial charge is 0.0351 e. The Balaban J connectivity index is 3.60. The number of hydrogen-bond donors (Lipinski definition) is 0. The second kappa shape index (κ2) is 3.59. The lowest BCUT2D eigenvalue weighted by Crippen LogP contribution is -1.68. The Morgan fingerprint density at radius 2 is 2.43 bits per heavy atom. The fraction of sp³-hybridized carbons (Fsp3) is 0.500. The zero-order chi connectivity index (χ0) is 5.70. The van der Waals surface area contributed by atoms with Crippen LogP contribution in [0.5, 0.6) is 0 Å². The summed E-state index contributed by atoms with van der Waals surface area (Å²) in [5.74, 6) is 0. The third-order valence-electron chi connectivity index (χ3n) is 0.899. The van der Waals surface area contributed by atoms with Gasteiger partial charge in [0.05, 0.1) is 0 Å². The fourth-order valence-corrected chi connectivity index (χ4v) is 0.407. The number of aliphatic imine (C=N–C) groups is 1. The van der Waals surface area contributed by atoms with Crippen molar-refractivity contribution in [2.45, 2.75) is 20.3 Å². The molecule has 0 spiro atoms. The molecule has 0 radical (unpaired) electrons. The summed E-state index contributed by atoms with van der Waals surface area (Å²) < 4.78 is 0. The standard InChI is InChI=1S/C6H11N/c1-4-6(5-2)7-3/h4H,3,5H2,1-2H3. The molecule has 0 aliphatic rings. The van der Waals surface area contributed by atoms with Gasteiger partial charge in [0.2, 0.25) is 0 Å². The highest BCUT2D eigenvalue weighted by atomic mass is 14.7. The first-order valence-electron chi connectivity index (χ1n) is 2.47. The molecule has 0 N–H and O–H groups in total. The van der Waals surface area contributed by atoms with Crippen molar-refractivity contribution in [3.63, 3.8) is 0 Å². The van der Waals surface area contributed by atoms with Crippen LogP contribution in [0.1, 0.15) is 20.3 Å². The average molecular weight is 97.2 g/mol. The molecule has 0 saturated carbocycles. The Morgan fingerprint density at radius 1 is 1.86 bits per heavy atom. The maximum absolute atomic E-state index is 3.74. The van der Waals surface area contributed by atoms with E-state index in [-0.39, 0.29) is 0 Å². The van der Waals surface area contributed by atoms with Crippen molar-refractivity contribution >= 4 is 6.72 Å². The predicted molar refractivity (Wildman–Crippen MR) is 33.6 cm³/mol. The zero-order valence-electron chi connectivity index (χ0n) is 4.94. The highest BCUT2D eigenvalue weighted by molar-refractivity contribution is 5.28. The van der Waals surface area contributed by atoms with E-state index in [4.69, 9.17) is 0 Å². The SMILES string of the molecule is C=NC(=CC)CC. The molecular formula is C6H11N. The molecule has 1 nitrogen and oxygen atoms in total. The molecule has 0 aromatic heterocycles. The normalized spacial score (nSPS) is 11.4. The summed E-state index contributed by atoms with van der Waals surface area (Å²) in [7, 11) is 0. The van der Waals surface area contributed by atoms with Crippen LogP contribution >= 0.6 is 0 Å². The van der Waals surface area contributed by atoms with E-state index in [2.05, 4.69) is 18.6 Å². The molecule has 1 heteroatoms. The minimum Gasteiger partial charge on any atom is -0.269 e. The summed E-state index contributed by atoms with van der Waals surface area (Å²) in [6.45, 7) is 7.41. The minimum absolute atomic E-state index is 0.986. The topological polar surface area (TPSA) is 12.4 Å². The van der Waals surface area contributed by atoms with Gasteiger partial charge in [0.1, 0.15) is 0 Å². The van der Waals surface area contributed by atoms with E-state index < -0.39 is 0 Å². The summed E-state index contributed by atoms with van der Waals surface area (Å²) in [5, 5.41) is 0. The van der Waals surface area contributed by atoms with E-state index in [0.29, 0.717) is 0 Å². The summed E-state index contributed by atoms with van der Waals surface area (Å²) in [6, 6.07) is 0. The van der Waals surface area contributed by atoms with Crippen molar-refractivity contribution in [1.29, 1.82) is 0 Å². The quantitative estimate of drug-likeness (QED) is 0.467. The molecular weight excluding hydrogens is 86.1 g/mol. The van der Waals surface area contributed by atoms with Crippen LogP contribution < -0.4 is 0 Å². The molecule has 0 aromatic carbocycles. The van der Waals surface area contributed by atoms with Gasteiger partial charge < -0.3 is 0 Å². The number of allylic oxidation sites excluding steroid dienone is 2. The van der Waals surface area contributed by atoms with Crippen molar-refractivity contribution in [3.8, 4) is 0 Å². The van der Waals surface area contributed by atoms with Gasteiger partial charge in [-0.1, -0.05) is 13.0 Å². The van der Waals surface area contributed by atoms with Gasteiger partial charge in [-0.05, 0) is 20.1 Å². The van der Waals surface area contributed by atoms with E-state index in [1.807, 2.05) is 13.0 Å². The van der Waals surface area contributed by atoms with E-state index in [1.165, 1.54) is 0 Å². The van der Waals surface area contributed by atoms with Gasteiger partial charge in [0.15, 0.2) is 0 Å². The van der Waals surface area contributed by atoms with Crippen LogP contribution in [-0.2, 0) is 0 Å². The van der Waals surface area contributed by atoms with Gasteiger partial charge in [0.25, 0.3) is 0 Å². The van der Waals surface area contributed by atoms with Crippen molar-refractivity contribution < 1.29 is 0 Å². The maximum atomic E-state index is 3.74. The largest absolute Gasteiger partial charge is 0.269 e. The maximum Gasteiger partial charge on any atom is 0.0351 e. The Labute approximate surface area is 44.8 Å². The van der Waals surface area contributed by atoms with Crippen LogP contribution in [0, 0.1) is 0 Å². The monoisotopic (exact) mass is 97.1 g/mol. The summed E-state index contributed by atoms with van der Waals surface area (Å²) >= 11 is 0. The Morgan fingerprint density at radius 3 is 2.43 bits per heavy atom. The Bertz CT molecular complexity index is 82.2. The van der Waals surface area contributed by atoms with Crippen molar-refractivity contribution in [1.82, 2.24) is 0 Å². The minimum atomic E-state index is 0.986. The third-order valence-corrected chi connectivity index (χ3v) is 0.899. The molecule has 0 amide bonds. The van der Waals surface area contributed by atoms with Gasteiger partial charge in [0, 0.05) is 5.70 Å². The molecule has 0 aliphatic carbocycles. The van der Waals surface area contributed by atoms with E-state index in [0.717, 1.165) is 12.1 Å². The number of hydrogen-bond acceptors (Lipinski definition) is 1. The van der Waals surface area contributed by atoms with Gasteiger partial charge in [-0.25, -0.2) is 0 Å². The molecule has 40 valence electrons. The molecule has 0 fully saturated rings. The molecule has 0 rings (SSSR count). The zero-order valence-corrected chi connectivity index (χ0v) is 4.94. The van der Waals surface area contributed by atoms with Gasteiger partial charge >= 0.3 is 0 Å². The van der Waals surface area contributed by atoms with Gasteiger partial charge in [-0.2, -0.15) is 0 Å². The first kappa shape index (κ1) is 6.41. The highest BCUT2D eigenvalue weighted by Gasteiger charge is 1.78. The van der Waals surface area contributed by atoms with Crippen LogP contribution in [0.25, 0.3) is 0 Å². The van der Waals surface area contributed by atoms with Crippen molar-refractivity contribution in [2.24, 2.45) is 4.99 Å². The van der Waals surface area contributed by atoms with E-state index in [1.54, 1.807) is 0 Å². The average Bonchev–Trinajstić information content (AvgIpc) is 1.72. The summed E-state index contributed by atoms with van der Waals surface area (Å²) in [5.41, 5.74) is 1.07. The second-order valence-electron chi connectivity index (χ2n) is 1.29. The lowest BCUT2D eigenvalue weighted by molar-refractivity contribution is 1.07. The summed E-state index contributed by atoms with van der Waals surface area (Å²) in [6.07, 6.45) is 2.95. The van der Waals surface area contributed by atoms with E-state index >= 15 is 0 Å². The van der Waals surface area contributed by atoms with Crippen LogP contribution in [0.2, 0.25) is 0 Å². The predicted octanol–water partition coefficient (Wildman–Crippen LogP) is 2.00. The molecule has 0 bridgehead atoms. The first-order chi connectivity index (χ1) is 3.35. The van der Waals surface area contributed by atoms with Crippen molar-refractivity contribution in [3.05, 3.63) is 11.8 Å². The number of nitrogens with zero attached hydrogens (tertiary/aromatic N) is 1. The number of rotatable bonds is 2. The molecule has 0 unspecified atom stereocenters. The highest BCUT2D eigenvalue weighted by Crippen LogP contribution is 1.97. The molecule has 0 atom stereocenters. The fourth-order valence-electron chi connectivity index (χ4n) is 0.407. The second-order valence-corrected chi connectivity index (χ2v) is 1.29. The van der Waals surface area contributed by atoms with E-state index in [9.17, 15) is 0 Å². The van der Waals surface area contributed by atoms with Gasteiger partial charge in [-0.15, -0.1) is 0 Å². The Hall–Kier alpha value is -0.590. The van der Waals surface area contributed by atoms with Crippen LogP contribution in [0.15, 0.2) is 16.8 Å². The first-order valence-corrected chi connectivity index (χ1v) is 2.47. The molecule has 0 aromatic rings.